The topological polar surface area (TPSA) is 79.3 Å². The highest BCUT2D eigenvalue weighted by atomic mass is 35.5. The summed E-state index contributed by atoms with van der Waals surface area (Å²) in [6, 6.07) is 4.39. The number of hydrogen-bond donors (Lipinski definition) is 2. The number of carbonyl (C=O) groups excluding carboxylic acids is 1. The molecular formula is C11H13ClN2O3S. The highest BCUT2D eigenvalue weighted by Gasteiger charge is 2.17. The van der Waals surface area contributed by atoms with Gasteiger partial charge >= 0.3 is 5.97 Å². The van der Waals surface area contributed by atoms with Gasteiger partial charge < -0.3 is 10.4 Å². The lowest BCUT2D eigenvalue weighted by Crippen LogP contribution is -2.41. The van der Waals surface area contributed by atoms with Gasteiger partial charge in [0.05, 0.1) is 5.69 Å². The van der Waals surface area contributed by atoms with Gasteiger partial charge in [-0.1, -0.05) is 17.7 Å². The lowest BCUT2D eigenvalue weighted by atomic mass is 10.3. The van der Waals surface area contributed by atoms with Gasteiger partial charge in [-0.05, 0) is 12.1 Å². The molecule has 1 atom stereocenters. The van der Waals surface area contributed by atoms with Gasteiger partial charge in [-0.25, -0.2) is 9.78 Å². The smallest absolute Gasteiger partial charge is 0.327 e. The fourth-order valence-electron chi connectivity index (χ4n) is 1.23. The average molecular weight is 289 g/mol. The Bertz CT molecular complexity index is 442. The number of halogens is 1. The molecule has 0 aliphatic heterocycles. The molecule has 0 spiro atoms. The minimum atomic E-state index is -1.04. The van der Waals surface area contributed by atoms with Crippen LogP contribution in [0.25, 0.3) is 0 Å². The number of nitrogens with zero attached hydrogens (tertiary/aromatic N) is 1. The van der Waals surface area contributed by atoms with Crippen LogP contribution < -0.4 is 5.32 Å². The third kappa shape index (κ3) is 5.37. The predicted octanol–water partition coefficient (Wildman–Crippen LogP) is 1.56. The number of thioether (sulfide) groups is 1. The Hall–Kier alpha value is -1.27. The maximum absolute atomic E-state index is 10.9. The zero-order valence-corrected chi connectivity index (χ0v) is 11.3. The summed E-state index contributed by atoms with van der Waals surface area (Å²) in [5, 5.41) is 11.7. The zero-order chi connectivity index (χ0) is 13.5. The molecule has 0 aliphatic carbocycles. The number of hydrogen-bond acceptors (Lipinski definition) is 4. The number of nitrogens with one attached hydrogen (secondary N) is 1. The predicted molar refractivity (Wildman–Crippen MR) is 70.6 cm³/mol. The summed E-state index contributed by atoms with van der Waals surface area (Å²) in [6.07, 6.45) is 0. The van der Waals surface area contributed by atoms with Gasteiger partial charge in [-0.3, -0.25) is 4.79 Å². The van der Waals surface area contributed by atoms with Gasteiger partial charge in [-0.15, -0.1) is 0 Å². The molecule has 0 aliphatic rings. The Morgan fingerprint density at radius 2 is 2.28 bits per heavy atom. The number of carboxylic acids is 1. The average Bonchev–Trinajstić information content (AvgIpc) is 2.27. The number of rotatable bonds is 6. The van der Waals surface area contributed by atoms with Crippen LogP contribution in [-0.2, 0) is 15.3 Å². The second-order valence-corrected chi connectivity index (χ2v) is 4.98. The quantitative estimate of drug-likeness (QED) is 0.777. The van der Waals surface area contributed by atoms with E-state index in [1.54, 1.807) is 12.1 Å². The third-order valence-electron chi connectivity index (χ3n) is 1.98. The molecule has 0 radical (unpaired) electrons. The summed E-state index contributed by atoms with van der Waals surface area (Å²) in [5.74, 6) is -0.576. The monoisotopic (exact) mass is 288 g/mol. The molecule has 0 saturated heterocycles. The van der Waals surface area contributed by atoms with E-state index in [0.717, 1.165) is 5.69 Å². The first-order chi connectivity index (χ1) is 8.49. The van der Waals surface area contributed by atoms with Crippen LogP contribution in [0.3, 0.4) is 0 Å². The van der Waals surface area contributed by atoms with Gasteiger partial charge in [0.1, 0.15) is 11.2 Å². The van der Waals surface area contributed by atoms with Gasteiger partial charge in [0.25, 0.3) is 0 Å². The van der Waals surface area contributed by atoms with Crippen molar-refractivity contribution < 1.29 is 14.7 Å². The molecule has 1 amide bonds. The summed E-state index contributed by atoms with van der Waals surface area (Å²) in [6.45, 7) is 1.29. The number of amides is 1. The molecule has 1 aromatic rings. The van der Waals surface area contributed by atoms with Gasteiger partial charge in [0, 0.05) is 18.4 Å². The number of carbonyl (C=O) groups is 2. The zero-order valence-electron chi connectivity index (χ0n) is 9.72. The van der Waals surface area contributed by atoms with Crippen LogP contribution >= 0.6 is 23.4 Å². The van der Waals surface area contributed by atoms with E-state index in [1.165, 1.54) is 18.7 Å². The molecule has 1 rings (SSSR count). The normalized spacial score (nSPS) is 11.9. The summed E-state index contributed by atoms with van der Waals surface area (Å²) >= 11 is 7.11. The first-order valence-corrected chi connectivity index (χ1v) is 6.71. The Balaban J connectivity index is 2.43. The van der Waals surface area contributed by atoms with Crippen molar-refractivity contribution >= 4 is 35.2 Å². The molecule has 5 nitrogen and oxygen atoms in total. The third-order valence-corrected chi connectivity index (χ3v) is 3.26. The molecule has 0 saturated carbocycles. The highest BCUT2D eigenvalue weighted by Crippen LogP contribution is 2.13. The number of aromatic nitrogens is 1. The maximum atomic E-state index is 10.9. The Kier molecular flexibility index (Phi) is 5.94. The molecule has 18 heavy (non-hydrogen) atoms. The van der Waals surface area contributed by atoms with Crippen LogP contribution in [0.4, 0.5) is 0 Å². The van der Waals surface area contributed by atoms with Crippen molar-refractivity contribution in [1.29, 1.82) is 0 Å². The maximum Gasteiger partial charge on any atom is 0.327 e. The number of pyridine rings is 1. The van der Waals surface area contributed by atoms with Crippen LogP contribution in [-0.4, -0.2) is 33.8 Å². The Morgan fingerprint density at radius 3 is 2.83 bits per heavy atom. The first kappa shape index (κ1) is 14.8. The van der Waals surface area contributed by atoms with Crippen molar-refractivity contribution in [1.82, 2.24) is 10.3 Å². The standard InChI is InChI=1S/C11H13ClN2O3S/c1-7(15)13-9(11(16)17)6-18-5-8-3-2-4-10(12)14-8/h2-4,9H,5-6H2,1H3,(H,13,15)(H,16,17). The number of carboxylic acid groups (broad SMARTS) is 1. The van der Waals surface area contributed by atoms with E-state index >= 15 is 0 Å². The van der Waals surface area contributed by atoms with E-state index in [4.69, 9.17) is 16.7 Å². The lowest BCUT2D eigenvalue weighted by molar-refractivity contribution is -0.140. The molecule has 1 unspecified atom stereocenters. The van der Waals surface area contributed by atoms with Crippen LogP contribution in [0, 0.1) is 0 Å². The van der Waals surface area contributed by atoms with Gasteiger partial charge in [0.2, 0.25) is 5.91 Å². The van der Waals surface area contributed by atoms with Crippen molar-refractivity contribution in [2.45, 2.75) is 18.7 Å². The highest BCUT2D eigenvalue weighted by molar-refractivity contribution is 7.98. The second kappa shape index (κ2) is 7.23. The Morgan fingerprint density at radius 1 is 1.56 bits per heavy atom. The summed E-state index contributed by atoms with van der Waals surface area (Å²) in [4.78, 5) is 25.8. The van der Waals surface area contributed by atoms with Crippen LogP contribution in [0.1, 0.15) is 12.6 Å². The molecule has 1 heterocycles. The second-order valence-electron chi connectivity index (χ2n) is 3.56. The molecule has 98 valence electrons. The van der Waals surface area contributed by atoms with E-state index in [1.807, 2.05) is 6.07 Å². The summed E-state index contributed by atoms with van der Waals surface area (Å²) < 4.78 is 0. The van der Waals surface area contributed by atoms with E-state index in [2.05, 4.69) is 10.3 Å². The van der Waals surface area contributed by atoms with Crippen LogP contribution in [0.2, 0.25) is 5.15 Å². The van der Waals surface area contributed by atoms with E-state index < -0.39 is 12.0 Å². The molecule has 0 aromatic carbocycles. The van der Waals surface area contributed by atoms with E-state index in [9.17, 15) is 9.59 Å². The van der Waals surface area contributed by atoms with Crippen molar-refractivity contribution in [3.05, 3.63) is 29.0 Å². The largest absolute Gasteiger partial charge is 0.480 e. The first-order valence-electron chi connectivity index (χ1n) is 5.18. The minimum Gasteiger partial charge on any atom is -0.480 e. The molecule has 0 bridgehead atoms. The Labute approximate surface area is 114 Å². The van der Waals surface area contributed by atoms with E-state index in [0.29, 0.717) is 10.9 Å². The lowest BCUT2D eigenvalue weighted by Gasteiger charge is -2.12. The van der Waals surface area contributed by atoms with Crippen molar-refractivity contribution in [3.8, 4) is 0 Å². The summed E-state index contributed by atoms with van der Waals surface area (Å²) in [7, 11) is 0. The summed E-state index contributed by atoms with van der Waals surface area (Å²) in [5.41, 5.74) is 0.777. The van der Waals surface area contributed by atoms with Crippen molar-refractivity contribution in [2.24, 2.45) is 0 Å². The van der Waals surface area contributed by atoms with Crippen molar-refractivity contribution in [3.63, 3.8) is 0 Å². The van der Waals surface area contributed by atoms with Crippen molar-refractivity contribution in [2.75, 3.05) is 5.75 Å². The SMILES string of the molecule is CC(=O)NC(CSCc1cccc(Cl)n1)C(=O)O. The fraction of sp³-hybridized carbons (Fsp3) is 0.364. The number of aliphatic carboxylic acids is 1. The molecule has 2 N–H and O–H groups in total. The van der Waals surface area contributed by atoms with Gasteiger partial charge in [0.15, 0.2) is 0 Å². The van der Waals surface area contributed by atoms with E-state index in [-0.39, 0.29) is 11.7 Å². The molecule has 1 aromatic heterocycles. The van der Waals surface area contributed by atoms with Crippen LogP contribution in [0.15, 0.2) is 18.2 Å². The minimum absolute atomic E-state index is 0.281. The molecule has 0 fully saturated rings. The fourth-order valence-corrected chi connectivity index (χ4v) is 2.36. The van der Waals surface area contributed by atoms with Crippen LogP contribution in [0.5, 0.6) is 0 Å². The molecular weight excluding hydrogens is 276 g/mol. The van der Waals surface area contributed by atoms with Gasteiger partial charge in [-0.2, -0.15) is 11.8 Å². The molecule has 7 heteroatoms.